The van der Waals surface area contributed by atoms with Crippen LogP contribution in [0.5, 0.6) is 0 Å². The van der Waals surface area contributed by atoms with Crippen LogP contribution in [-0.4, -0.2) is 19.9 Å². The van der Waals surface area contributed by atoms with Crippen molar-refractivity contribution < 1.29 is 0 Å². The van der Waals surface area contributed by atoms with E-state index in [9.17, 15) is 0 Å². The number of H-pyrrole nitrogens is 2. The lowest BCUT2D eigenvalue weighted by molar-refractivity contribution is 1.08. The molecule has 144 valence electrons. The molecule has 0 aliphatic carbocycles. The van der Waals surface area contributed by atoms with Crippen molar-refractivity contribution >= 4 is 0 Å². The molecule has 0 bridgehead atoms. The highest BCUT2D eigenvalue weighted by molar-refractivity contribution is 5.36. The van der Waals surface area contributed by atoms with Gasteiger partial charge in [-0.3, -0.25) is 0 Å². The molecule has 0 saturated carbocycles. The van der Waals surface area contributed by atoms with Gasteiger partial charge in [-0.2, -0.15) is 0 Å². The van der Waals surface area contributed by atoms with E-state index in [4.69, 9.17) is 0 Å². The number of aryl methyl sites for hydroxylation is 2. The summed E-state index contributed by atoms with van der Waals surface area (Å²) in [5, 5.41) is 0. The van der Waals surface area contributed by atoms with Crippen molar-refractivity contribution in [3.63, 3.8) is 0 Å². The lowest BCUT2D eigenvalue weighted by Gasteiger charge is -2.06. The summed E-state index contributed by atoms with van der Waals surface area (Å²) in [6.07, 6.45) is 9.17. The second kappa shape index (κ2) is 9.18. The Labute approximate surface area is 167 Å². The van der Waals surface area contributed by atoms with E-state index in [1.165, 1.54) is 33.4 Å². The molecule has 0 radical (unpaired) electrons. The van der Waals surface area contributed by atoms with Crippen LogP contribution in [0.15, 0.2) is 61.4 Å². The zero-order valence-electron chi connectivity index (χ0n) is 17.1. The molecule has 0 fully saturated rings. The predicted molar refractivity (Wildman–Crippen MR) is 115 cm³/mol. The van der Waals surface area contributed by atoms with Crippen LogP contribution in [0.25, 0.3) is 0 Å². The van der Waals surface area contributed by atoms with Crippen molar-refractivity contribution in [2.45, 2.75) is 40.5 Å². The molecule has 4 nitrogen and oxygen atoms in total. The molecule has 4 rings (SSSR count). The first-order valence-electron chi connectivity index (χ1n) is 9.60. The molecule has 2 N–H and O–H groups in total. The van der Waals surface area contributed by atoms with E-state index in [0.717, 1.165) is 24.2 Å². The summed E-state index contributed by atoms with van der Waals surface area (Å²) >= 11 is 0. The molecule has 2 aromatic heterocycles. The van der Waals surface area contributed by atoms with Crippen LogP contribution in [0.4, 0.5) is 0 Å². The Morgan fingerprint density at radius 3 is 1.43 bits per heavy atom. The average Bonchev–Trinajstić information content (AvgIpc) is 3.38. The summed E-state index contributed by atoms with van der Waals surface area (Å²) in [4.78, 5) is 14.4. The van der Waals surface area contributed by atoms with Gasteiger partial charge in [-0.05, 0) is 61.1 Å². The van der Waals surface area contributed by atoms with Crippen LogP contribution in [0.2, 0.25) is 0 Å². The molecular formula is C24H28N4. The fourth-order valence-electron chi connectivity index (χ4n) is 3.17. The molecule has 0 aliphatic heterocycles. The van der Waals surface area contributed by atoms with Gasteiger partial charge >= 0.3 is 0 Å². The molecular weight excluding hydrogens is 344 g/mol. The van der Waals surface area contributed by atoms with E-state index < -0.39 is 0 Å². The first-order valence-corrected chi connectivity index (χ1v) is 9.60. The monoisotopic (exact) mass is 372 g/mol. The second-order valence-corrected chi connectivity index (χ2v) is 7.19. The minimum absolute atomic E-state index is 0.914. The fraction of sp³-hybridized carbons (Fsp3) is 0.250. The first kappa shape index (κ1) is 19.6. The van der Waals surface area contributed by atoms with Crippen molar-refractivity contribution in [2.75, 3.05) is 0 Å². The number of nitrogens with one attached hydrogen (secondary N) is 2. The molecule has 4 aromatic rings. The fourth-order valence-corrected chi connectivity index (χ4v) is 3.17. The maximum absolute atomic E-state index is 4.23. The second-order valence-electron chi connectivity index (χ2n) is 7.19. The maximum Gasteiger partial charge on any atom is 0.0923 e. The predicted octanol–water partition coefficient (Wildman–Crippen LogP) is 5.23. The van der Waals surface area contributed by atoms with Gasteiger partial charge in [0.2, 0.25) is 0 Å². The van der Waals surface area contributed by atoms with Gasteiger partial charge in [0, 0.05) is 25.2 Å². The highest BCUT2D eigenvalue weighted by Crippen LogP contribution is 2.16. The SMILES string of the molecule is Cc1cccc(Cc2c[nH]cn2)c1C.Cc1cccc(Cc2c[nH]cn2)c1C. The summed E-state index contributed by atoms with van der Waals surface area (Å²) in [5.74, 6) is 0. The molecule has 28 heavy (non-hydrogen) atoms. The Bertz CT molecular complexity index is 916. The van der Waals surface area contributed by atoms with E-state index in [1.807, 2.05) is 12.4 Å². The van der Waals surface area contributed by atoms with Gasteiger partial charge < -0.3 is 9.97 Å². The van der Waals surface area contributed by atoms with Crippen LogP contribution in [0, 0.1) is 27.7 Å². The minimum Gasteiger partial charge on any atom is -0.351 e. The van der Waals surface area contributed by atoms with Crippen molar-refractivity contribution in [1.82, 2.24) is 19.9 Å². The van der Waals surface area contributed by atoms with Crippen LogP contribution >= 0.6 is 0 Å². The van der Waals surface area contributed by atoms with E-state index in [0.29, 0.717) is 0 Å². The van der Waals surface area contributed by atoms with Crippen LogP contribution in [0.1, 0.15) is 44.8 Å². The Balaban J connectivity index is 0.000000161. The Kier molecular flexibility index (Phi) is 6.43. The van der Waals surface area contributed by atoms with E-state index in [2.05, 4.69) is 84.0 Å². The van der Waals surface area contributed by atoms with Crippen molar-refractivity contribution in [1.29, 1.82) is 0 Å². The molecule has 2 heterocycles. The van der Waals surface area contributed by atoms with E-state index in [-0.39, 0.29) is 0 Å². The first-order chi connectivity index (χ1) is 13.5. The lowest BCUT2D eigenvalue weighted by Crippen LogP contribution is -1.93. The highest BCUT2D eigenvalue weighted by Gasteiger charge is 2.03. The normalized spacial score (nSPS) is 10.4. The van der Waals surface area contributed by atoms with Crippen molar-refractivity contribution in [2.24, 2.45) is 0 Å². The Hall–Kier alpha value is -3.14. The van der Waals surface area contributed by atoms with Crippen LogP contribution in [0.3, 0.4) is 0 Å². The average molecular weight is 373 g/mol. The van der Waals surface area contributed by atoms with Gasteiger partial charge in [0.1, 0.15) is 0 Å². The number of benzene rings is 2. The lowest BCUT2D eigenvalue weighted by atomic mass is 10.0. The van der Waals surface area contributed by atoms with Gasteiger partial charge in [-0.25, -0.2) is 9.97 Å². The Morgan fingerprint density at radius 1 is 0.643 bits per heavy atom. The van der Waals surface area contributed by atoms with Gasteiger partial charge in [-0.15, -0.1) is 0 Å². The zero-order chi connectivity index (χ0) is 19.9. The smallest absolute Gasteiger partial charge is 0.0923 e. The molecule has 0 spiro atoms. The number of nitrogens with zero attached hydrogens (tertiary/aromatic N) is 2. The third kappa shape index (κ3) is 4.97. The Morgan fingerprint density at radius 2 is 1.07 bits per heavy atom. The molecule has 0 unspecified atom stereocenters. The summed E-state index contributed by atoms with van der Waals surface area (Å²) in [6.45, 7) is 8.61. The third-order valence-corrected chi connectivity index (χ3v) is 5.29. The number of hydrogen-bond donors (Lipinski definition) is 2. The van der Waals surface area contributed by atoms with Crippen molar-refractivity contribution in [3.8, 4) is 0 Å². The number of imidazole rings is 2. The van der Waals surface area contributed by atoms with Gasteiger partial charge in [0.25, 0.3) is 0 Å². The largest absolute Gasteiger partial charge is 0.351 e. The third-order valence-electron chi connectivity index (χ3n) is 5.29. The van der Waals surface area contributed by atoms with E-state index in [1.54, 1.807) is 12.7 Å². The minimum atomic E-state index is 0.914. The standard InChI is InChI=1S/2C12H14N2/c2*1-9-4-3-5-11(10(9)2)6-12-7-13-8-14-12/h2*3-5,7-8H,6H2,1-2H3,(H,13,14). The number of aromatic nitrogens is 4. The molecule has 0 atom stereocenters. The summed E-state index contributed by atoms with van der Waals surface area (Å²) in [6, 6.07) is 12.8. The quantitative estimate of drug-likeness (QED) is 0.515. The molecule has 0 saturated heterocycles. The molecule has 2 aromatic carbocycles. The van der Waals surface area contributed by atoms with Gasteiger partial charge in [-0.1, -0.05) is 36.4 Å². The maximum atomic E-state index is 4.23. The topological polar surface area (TPSA) is 57.4 Å². The van der Waals surface area contributed by atoms with Crippen LogP contribution < -0.4 is 0 Å². The van der Waals surface area contributed by atoms with Gasteiger partial charge in [0.15, 0.2) is 0 Å². The van der Waals surface area contributed by atoms with Crippen molar-refractivity contribution in [3.05, 3.63) is 106 Å². The molecule has 0 aliphatic rings. The molecule has 4 heteroatoms. The highest BCUT2D eigenvalue weighted by atomic mass is 14.9. The number of rotatable bonds is 4. The van der Waals surface area contributed by atoms with Gasteiger partial charge in [0.05, 0.1) is 24.0 Å². The zero-order valence-corrected chi connectivity index (χ0v) is 17.1. The number of hydrogen-bond acceptors (Lipinski definition) is 2. The van der Waals surface area contributed by atoms with Crippen LogP contribution in [-0.2, 0) is 12.8 Å². The van der Waals surface area contributed by atoms with E-state index >= 15 is 0 Å². The molecule has 0 amide bonds. The summed E-state index contributed by atoms with van der Waals surface area (Å²) in [7, 11) is 0. The summed E-state index contributed by atoms with van der Waals surface area (Å²) in [5.41, 5.74) is 10.3. The summed E-state index contributed by atoms with van der Waals surface area (Å²) < 4.78 is 0. The number of aromatic amines is 2.